The van der Waals surface area contributed by atoms with Gasteiger partial charge in [-0.15, -0.1) is 34.2 Å². The highest BCUT2D eigenvalue weighted by Crippen LogP contribution is 2.16. The molecule has 0 saturated heterocycles. The summed E-state index contributed by atoms with van der Waals surface area (Å²) in [5, 5.41) is 15.4. The van der Waals surface area contributed by atoms with Crippen molar-refractivity contribution in [2.45, 2.75) is 26.5 Å². The number of ether oxygens (including phenoxy) is 2. The van der Waals surface area contributed by atoms with Gasteiger partial charge in [0.2, 0.25) is 0 Å². The van der Waals surface area contributed by atoms with E-state index in [4.69, 9.17) is 21.1 Å². The minimum absolute atomic E-state index is 0. The highest BCUT2D eigenvalue weighted by Gasteiger charge is 2.08. The van der Waals surface area contributed by atoms with Crippen molar-refractivity contribution >= 4 is 41.5 Å². The molecule has 2 rings (SSSR count). The molecule has 0 radical (unpaired) electrons. The molecular weight excluding hydrogens is 495 g/mol. The zero-order valence-electron chi connectivity index (χ0n) is 16.6. The van der Waals surface area contributed by atoms with Crippen molar-refractivity contribution in [1.29, 1.82) is 0 Å². The summed E-state index contributed by atoms with van der Waals surface area (Å²) < 4.78 is 12.9. The smallest absolute Gasteiger partial charge is 0.191 e. The molecule has 1 aromatic heterocycles. The molecule has 1 aromatic carbocycles. The number of nitrogens with one attached hydrogen (secondary N) is 2. The summed E-state index contributed by atoms with van der Waals surface area (Å²) in [4.78, 5) is 4.57. The number of hydrogen-bond donors (Lipinski definition) is 2. The van der Waals surface area contributed by atoms with Crippen molar-refractivity contribution in [2.24, 2.45) is 12.0 Å². The van der Waals surface area contributed by atoms with Crippen molar-refractivity contribution < 1.29 is 9.47 Å². The molecule has 1 unspecified atom stereocenters. The first-order valence-electron chi connectivity index (χ1n) is 8.77. The van der Waals surface area contributed by atoms with Crippen LogP contribution >= 0.6 is 35.6 Å². The van der Waals surface area contributed by atoms with Crippen LogP contribution in [0, 0.1) is 6.92 Å². The van der Waals surface area contributed by atoms with Gasteiger partial charge in [-0.3, -0.25) is 0 Å². The molecule has 0 spiro atoms. The number of hydrogen-bond acceptors (Lipinski definition) is 5. The van der Waals surface area contributed by atoms with Gasteiger partial charge in [-0.05, 0) is 38.1 Å². The first-order chi connectivity index (χ1) is 13.0. The molecule has 8 nitrogen and oxygen atoms in total. The van der Waals surface area contributed by atoms with E-state index in [1.807, 2.05) is 37.6 Å². The number of rotatable bonds is 9. The summed E-state index contributed by atoms with van der Waals surface area (Å²) in [5.41, 5.74) is 0. The fraction of sp³-hybridized carbons (Fsp3) is 0.500. The predicted octanol–water partition coefficient (Wildman–Crippen LogP) is 2.54. The minimum Gasteiger partial charge on any atom is -0.489 e. The molecule has 0 amide bonds. The quantitative estimate of drug-likeness (QED) is 0.228. The van der Waals surface area contributed by atoms with Crippen LogP contribution in [0.5, 0.6) is 5.75 Å². The Labute approximate surface area is 188 Å². The standard InChI is InChI=1S/C18H27ClN6O2.HI/c1-13(27-16-7-5-15(19)6-8-16)11-21-18(20-9-10-26-4)22-12-17-24-23-14(2)25(17)3;/h5-8,13H,9-12H2,1-4H3,(H2,20,21,22);1H. The van der Waals surface area contributed by atoms with Gasteiger partial charge in [-0.1, -0.05) is 11.6 Å². The average molecular weight is 523 g/mol. The van der Waals surface area contributed by atoms with Gasteiger partial charge in [-0.2, -0.15) is 0 Å². The topological polar surface area (TPSA) is 85.6 Å². The van der Waals surface area contributed by atoms with E-state index in [1.165, 1.54) is 0 Å². The summed E-state index contributed by atoms with van der Waals surface area (Å²) in [6.07, 6.45) is -0.0577. The molecule has 0 aliphatic carbocycles. The molecule has 1 atom stereocenters. The van der Waals surface area contributed by atoms with Crippen LogP contribution in [-0.2, 0) is 18.3 Å². The molecule has 2 aromatic rings. The Balaban J connectivity index is 0.00000392. The second-order valence-corrected chi connectivity index (χ2v) is 6.51. The number of aryl methyl sites for hydroxylation is 1. The van der Waals surface area contributed by atoms with Crippen LogP contribution in [0.1, 0.15) is 18.6 Å². The zero-order valence-corrected chi connectivity index (χ0v) is 19.7. The maximum Gasteiger partial charge on any atom is 0.191 e. The Kier molecular flexibility index (Phi) is 11.2. The fourth-order valence-electron chi connectivity index (χ4n) is 2.21. The summed E-state index contributed by atoms with van der Waals surface area (Å²) in [7, 11) is 3.59. The Morgan fingerprint density at radius 3 is 2.57 bits per heavy atom. The molecule has 28 heavy (non-hydrogen) atoms. The molecule has 10 heteroatoms. The van der Waals surface area contributed by atoms with E-state index in [1.54, 1.807) is 19.2 Å². The van der Waals surface area contributed by atoms with Gasteiger partial charge in [0.25, 0.3) is 0 Å². The van der Waals surface area contributed by atoms with Crippen LogP contribution < -0.4 is 15.4 Å². The van der Waals surface area contributed by atoms with E-state index in [-0.39, 0.29) is 30.1 Å². The van der Waals surface area contributed by atoms with Crippen LogP contribution in [0.4, 0.5) is 0 Å². The Morgan fingerprint density at radius 1 is 1.25 bits per heavy atom. The SMILES string of the molecule is COCCNC(=NCc1nnc(C)n1C)NCC(C)Oc1ccc(Cl)cc1.I. The van der Waals surface area contributed by atoms with Gasteiger partial charge in [0.05, 0.1) is 13.2 Å². The fourth-order valence-corrected chi connectivity index (χ4v) is 2.34. The van der Waals surface area contributed by atoms with E-state index < -0.39 is 0 Å². The molecule has 0 fully saturated rings. The Hall–Kier alpha value is -1.59. The van der Waals surface area contributed by atoms with E-state index in [0.717, 1.165) is 17.4 Å². The lowest BCUT2D eigenvalue weighted by molar-refractivity contribution is 0.203. The lowest BCUT2D eigenvalue weighted by Crippen LogP contribution is -2.43. The van der Waals surface area contributed by atoms with Gasteiger partial charge in [-0.25, -0.2) is 4.99 Å². The highest BCUT2D eigenvalue weighted by molar-refractivity contribution is 14.0. The minimum atomic E-state index is -0.0577. The van der Waals surface area contributed by atoms with Crippen molar-refractivity contribution in [1.82, 2.24) is 25.4 Å². The van der Waals surface area contributed by atoms with E-state index in [9.17, 15) is 0 Å². The predicted molar refractivity (Wildman–Crippen MR) is 122 cm³/mol. The third-order valence-corrected chi connectivity index (χ3v) is 4.12. The third kappa shape index (κ3) is 8.19. The summed E-state index contributed by atoms with van der Waals surface area (Å²) >= 11 is 5.90. The third-order valence-electron chi connectivity index (χ3n) is 3.87. The van der Waals surface area contributed by atoms with Crippen molar-refractivity contribution in [3.8, 4) is 5.75 Å². The normalized spacial score (nSPS) is 12.2. The van der Waals surface area contributed by atoms with E-state index in [2.05, 4.69) is 25.8 Å². The molecule has 0 aliphatic rings. The first-order valence-corrected chi connectivity index (χ1v) is 9.15. The number of aliphatic imine (C=N–C) groups is 1. The van der Waals surface area contributed by atoms with Crippen molar-refractivity contribution in [2.75, 3.05) is 26.8 Å². The second kappa shape index (κ2) is 12.8. The molecule has 1 heterocycles. The van der Waals surface area contributed by atoms with E-state index in [0.29, 0.717) is 37.2 Å². The van der Waals surface area contributed by atoms with Crippen LogP contribution in [0.2, 0.25) is 5.02 Å². The summed E-state index contributed by atoms with van der Waals surface area (Å²) in [6, 6.07) is 7.31. The number of benzene rings is 1. The van der Waals surface area contributed by atoms with Gasteiger partial charge in [0.15, 0.2) is 11.8 Å². The molecule has 2 N–H and O–H groups in total. The van der Waals surface area contributed by atoms with Crippen molar-refractivity contribution in [3.05, 3.63) is 40.9 Å². The molecule has 0 saturated carbocycles. The average Bonchev–Trinajstić information content (AvgIpc) is 2.97. The van der Waals surface area contributed by atoms with Crippen LogP contribution in [0.3, 0.4) is 0 Å². The van der Waals surface area contributed by atoms with Crippen LogP contribution in [-0.4, -0.2) is 53.6 Å². The van der Waals surface area contributed by atoms with Crippen molar-refractivity contribution in [3.63, 3.8) is 0 Å². The van der Waals surface area contributed by atoms with Gasteiger partial charge in [0, 0.05) is 25.7 Å². The number of methoxy groups -OCH3 is 1. The van der Waals surface area contributed by atoms with Gasteiger partial charge >= 0.3 is 0 Å². The monoisotopic (exact) mass is 522 g/mol. The van der Waals surface area contributed by atoms with Crippen LogP contribution in [0.15, 0.2) is 29.3 Å². The van der Waals surface area contributed by atoms with Crippen LogP contribution in [0.25, 0.3) is 0 Å². The second-order valence-electron chi connectivity index (χ2n) is 6.07. The van der Waals surface area contributed by atoms with Gasteiger partial charge in [0.1, 0.15) is 24.2 Å². The molecule has 0 bridgehead atoms. The highest BCUT2D eigenvalue weighted by atomic mass is 127. The summed E-state index contributed by atoms with van der Waals surface area (Å²) in [5.74, 6) is 3.09. The Bertz CT molecular complexity index is 738. The number of aromatic nitrogens is 3. The maximum absolute atomic E-state index is 5.90. The molecular formula is C18H28ClIN6O2. The Morgan fingerprint density at radius 2 is 1.96 bits per heavy atom. The lowest BCUT2D eigenvalue weighted by Gasteiger charge is -2.18. The largest absolute Gasteiger partial charge is 0.489 e. The number of nitrogens with zero attached hydrogens (tertiary/aromatic N) is 4. The molecule has 0 aliphatic heterocycles. The first kappa shape index (κ1) is 24.4. The molecule has 156 valence electrons. The number of halogens is 2. The van der Waals surface area contributed by atoms with Gasteiger partial charge < -0.3 is 24.7 Å². The zero-order chi connectivity index (χ0) is 19.6. The number of guanidine groups is 1. The maximum atomic E-state index is 5.90. The lowest BCUT2D eigenvalue weighted by atomic mass is 10.3. The summed E-state index contributed by atoms with van der Waals surface area (Å²) in [6.45, 7) is 6.13. The van der Waals surface area contributed by atoms with E-state index >= 15 is 0 Å².